The van der Waals surface area contributed by atoms with Crippen LogP contribution < -0.4 is 10.3 Å². The third kappa shape index (κ3) is 1.66. The predicted octanol–water partition coefficient (Wildman–Crippen LogP) is 1.70. The van der Waals surface area contributed by atoms with Crippen molar-refractivity contribution in [2.24, 2.45) is 0 Å². The number of methoxy groups -OCH3 is 1. The van der Waals surface area contributed by atoms with Gasteiger partial charge in [0, 0.05) is 23.9 Å². The first-order chi connectivity index (χ1) is 8.78. The number of fused-ring (bicyclic) bond motifs is 1. The van der Waals surface area contributed by atoms with Crippen LogP contribution in [-0.2, 0) is 0 Å². The molecule has 0 spiro atoms. The Hall–Kier alpha value is -2.56. The highest BCUT2D eigenvalue weighted by Gasteiger charge is 2.06. The zero-order chi connectivity index (χ0) is 12.5. The second kappa shape index (κ2) is 4.03. The summed E-state index contributed by atoms with van der Waals surface area (Å²) in [6, 6.07) is 10.8. The van der Waals surface area contributed by atoms with E-state index >= 15 is 0 Å². The van der Waals surface area contributed by atoms with Gasteiger partial charge in [0.05, 0.1) is 12.8 Å². The monoisotopic (exact) mass is 241 g/mol. The molecule has 0 atom stereocenters. The van der Waals surface area contributed by atoms with E-state index < -0.39 is 0 Å². The average molecular weight is 241 g/mol. The van der Waals surface area contributed by atoms with Gasteiger partial charge in [0.15, 0.2) is 0 Å². The quantitative estimate of drug-likeness (QED) is 0.742. The van der Waals surface area contributed by atoms with Gasteiger partial charge in [-0.15, -0.1) is 0 Å². The molecule has 3 aromatic rings. The maximum absolute atomic E-state index is 11.6. The van der Waals surface area contributed by atoms with Crippen LogP contribution in [0.1, 0.15) is 0 Å². The molecule has 3 rings (SSSR count). The molecule has 5 nitrogen and oxygen atoms in total. The van der Waals surface area contributed by atoms with E-state index in [1.54, 1.807) is 13.3 Å². The Morgan fingerprint density at radius 2 is 2.00 bits per heavy atom. The Kier molecular flexibility index (Phi) is 2.37. The maximum Gasteiger partial charge on any atom is 0.274 e. The van der Waals surface area contributed by atoms with E-state index in [1.807, 2.05) is 30.3 Å². The lowest BCUT2D eigenvalue weighted by molar-refractivity contribution is 0.415. The number of nitrogens with zero attached hydrogens (tertiary/aromatic N) is 2. The van der Waals surface area contributed by atoms with Gasteiger partial charge in [0.1, 0.15) is 11.4 Å². The highest BCUT2D eigenvalue weighted by molar-refractivity contribution is 5.64. The summed E-state index contributed by atoms with van der Waals surface area (Å²) in [6.45, 7) is 0. The van der Waals surface area contributed by atoms with Crippen molar-refractivity contribution < 1.29 is 4.74 Å². The van der Waals surface area contributed by atoms with Gasteiger partial charge in [0.2, 0.25) is 0 Å². The minimum atomic E-state index is -0.150. The number of nitrogens with one attached hydrogen (secondary N) is 1. The molecule has 2 aromatic heterocycles. The van der Waals surface area contributed by atoms with E-state index in [2.05, 4.69) is 10.1 Å². The molecule has 0 amide bonds. The molecule has 2 heterocycles. The highest BCUT2D eigenvalue weighted by atomic mass is 16.5. The topological polar surface area (TPSA) is 59.4 Å². The van der Waals surface area contributed by atoms with Crippen molar-refractivity contribution in [3.8, 4) is 17.0 Å². The summed E-state index contributed by atoms with van der Waals surface area (Å²) in [5.74, 6) is 0.790. The second-order valence-electron chi connectivity index (χ2n) is 3.87. The summed E-state index contributed by atoms with van der Waals surface area (Å²) in [5.41, 5.74) is 2.21. The van der Waals surface area contributed by atoms with Crippen LogP contribution >= 0.6 is 0 Å². The number of aromatic amines is 1. The molecule has 0 aliphatic carbocycles. The van der Waals surface area contributed by atoms with Gasteiger partial charge in [-0.3, -0.25) is 4.79 Å². The van der Waals surface area contributed by atoms with E-state index in [1.165, 1.54) is 10.6 Å². The molecule has 0 unspecified atom stereocenters. The molecule has 90 valence electrons. The molecule has 0 bridgehead atoms. The lowest BCUT2D eigenvalue weighted by Gasteiger charge is -1.99. The van der Waals surface area contributed by atoms with Gasteiger partial charge in [-0.25, -0.2) is 0 Å². The molecule has 0 radical (unpaired) electrons. The Balaban J connectivity index is 2.13. The van der Waals surface area contributed by atoms with Crippen molar-refractivity contribution in [3.63, 3.8) is 0 Å². The first-order valence-electron chi connectivity index (χ1n) is 5.50. The summed E-state index contributed by atoms with van der Waals surface area (Å²) >= 11 is 0. The third-order valence-corrected chi connectivity index (χ3v) is 2.76. The summed E-state index contributed by atoms with van der Waals surface area (Å²) in [7, 11) is 1.62. The van der Waals surface area contributed by atoms with E-state index in [4.69, 9.17) is 4.74 Å². The van der Waals surface area contributed by atoms with E-state index in [0.717, 1.165) is 17.0 Å². The number of aromatic nitrogens is 3. The molecular weight excluding hydrogens is 230 g/mol. The van der Waals surface area contributed by atoms with E-state index in [-0.39, 0.29) is 5.56 Å². The molecule has 0 saturated heterocycles. The minimum absolute atomic E-state index is 0.150. The number of benzene rings is 1. The average Bonchev–Trinajstić information content (AvgIpc) is 2.84. The maximum atomic E-state index is 11.6. The van der Waals surface area contributed by atoms with Gasteiger partial charge < -0.3 is 9.72 Å². The van der Waals surface area contributed by atoms with Crippen LogP contribution in [0.4, 0.5) is 0 Å². The Bertz CT molecular complexity index is 741. The van der Waals surface area contributed by atoms with Crippen molar-refractivity contribution in [1.29, 1.82) is 0 Å². The number of H-pyrrole nitrogens is 1. The smallest absolute Gasteiger partial charge is 0.274 e. The minimum Gasteiger partial charge on any atom is -0.497 e. The van der Waals surface area contributed by atoms with Crippen LogP contribution in [0.5, 0.6) is 5.75 Å². The van der Waals surface area contributed by atoms with Crippen molar-refractivity contribution >= 4 is 5.65 Å². The normalized spacial score (nSPS) is 10.7. The molecule has 0 fully saturated rings. The van der Waals surface area contributed by atoms with Crippen LogP contribution in [-0.4, -0.2) is 21.7 Å². The van der Waals surface area contributed by atoms with Crippen LogP contribution in [0.15, 0.2) is 47.4 Å². The molecule has 1 aromatic carbocycles. The SMILES string of the molecule is COc1ccc(-c2cc3[nH]ccc(=O)n3n2)cc1. The summed E-state index contributed by atoms with van der Waals surface area (Å²) < 4.78 is 6.45. The van der Waals surface area contributed by atoms with Crippen LogP contribution in [0.3, 0.4) is 0 Å². The van der Waals surface area contributed by atoms with Crippen molar-refractivity contribution in [2.45, 2.75) is 0 Å². The van der Waals surface area contributed by atoms with Crippen LogP contribution in [0.2, 0.25) is 0 Å². The standard InChI is InChI=1S/C13H11N3O2/c1-18-10-4-2-9(3-5-10)11-8-12-14-7-6-13(17)16(12)15-11/h2-8,14H,1H3. The second-order valence-corrected chi connectivity index (χ2v) is 3.87. The first kappa shape index (κ1) is 10.6. The van der Waals surface area contributed by atoms with Gasteiger partial charge in [-0.2, -0.15) is 9.61 Å². The zero-order valence-electron chi connectivity index (χ0n) is 9.75. The number of rotatable bonds is 2. The lowest BCUT2D eigenvalue weighted by Crippen LogP contribution is -2.12. The Morgan fingerprint density at radius 1 is 1.22 bits per heavy atom. The van der Waals surface area contributed by atoms with Crippen LogP contribution in [0, 0.1) is 0 Å². The van der Waals surface area contributed by atoms with Crippen molar-refractivity contribution in [2.75, 3.05) is 7.11 Å². The largest absolute Gasteiger partial charge is 0.497 e. The zero-order valence-corrected chi connectivity index (χ0v) is 9.75. The lowest BCUT2D eigenvalue weighted by atomic mass is 10.1. The number of ether oxygens (including phenoxy) is 1. The Morgan fingerprint density at radius 3 is 2.67 bits per heavy atom. The number of hydrogen-bond acceptors (Lipinski definition) is 3. The number of hydrogen-bond donors (Lipinski definition) is 1. The Labute approximate surface area is 103 Å². The highest BCUT2D eigenvalue weighted by Crippen LogP contribution is 2.21. The van der Waals surface area contributed by atoms with Gasteiger partial charge in [-0.05, 0) is 24.3 Å². The summed E-state index contributed by atoms with van der Waals surface area (Å²) in [4.78, 5) is 14.6. The van der Waals surface area contributed by atoms with Gasteiger partial charge >= 0.3 is 0 Å². The first-order valence-corrected chi connectivity index (χ1v) is 5.50. The molecule has 1 N–H and O–H groups in total. The third-order valence-electron chi connectivity index (χ3n) is 2.76. The fraction of sp³-hybridized carbons (Fsp3) is 0.0769. The molecule has 18 heavy (non-hydrogen) atoms. The fourth-order valence-corrected chi connectivity index (χ4v) is 1.82. The molecule has 0 saturated carbocycles. The summed E-state index contributed by atoms with van der Waals surface area (Å²) in [6.07, 6.45) is 1.61. The molecule has 5 heteroatoms. The molecular formula is C13H11N3O2. The van der Waals surface area contributed by atoms with Crippen LogP contribution in [0.25, 0.3) is 16.9 Å². The molecule has 0 aliphatic heterocycles. The fourth-order valence-electron chi connectivity index (χ4n) is 1.82. The van der Waals surface area contributed by atoms with Crippen molar-refractivity contribution in [1.82, 2.24) is 14.6 Å². The van der Waals surface area contributed by atoms with Crippen molar-refractivity contribution in [3.05, 3.63) is 52.9 Å². The summed E-state index contributed by atoms with van der Waals surface area (Å²) in [5, 5.41) is 4.27. The van der Waals surface area contributed by atoms with E-state index in [9.17, 15) is 4.79 Å². The molecule has 0 aliphatic rings. The van der Waals surface area contributed by atoms with E-state index in [0.29, 0.717) is 5.65 Å². The van der Waals surface area contributed by atoms with Gasteiger partial charge in [-0.1, -0.05) is 0 Å². The van der Waals surface area contributed by atoms with Gasteiger partial charge in [0.25, 0.3) is 5.56 Å². The predicted molar refractivity (Wildman–Crippen MR) is 67.8 cm³/mol.